The van der Waals surface area contributed by atoms with Crippen LogP contribution in [0, 0.1) is 11.8 Å². The summed E-state index contributed by atoms with van der Waals surface area (Å²) < 4.78 is 5.04. The Morgan fingerprint density at radius 2 is 2.47 bits per heavy atom. The van der Waals surface area contributed by atoms with Gasteiger partial charge in [-0.25, -0.2) is 4.79 Å². The van der Waals surface area contributed by atoms with Gasteiger partial charge < -0.3 is 15.8 Å². The molecule has 3 N–H and O–H groups in total. The van der Waals surface area contributed by atoms with Crippen LogP contribution in [0.3, 0.4) is 0 Å². The maximum Gasteiger partial charge on any atom is 0.407 e. The first-order chi connectivity index (χ1) is 8.22. The van der Waals surface area contributed by atoms with Crippen molar-refractivity contribution < 1.29 is 9.53 Å². The first-order valence-electron chi connectivity index (χ1n) is 5.66. The Hall–Kier alpha value is -1.73. The zero-order chi connectivity index (χ0) is 12.5. The largest absolute Gasteiger partial charge is 0.445 e. The van der Waals surface area contributed by atoms with E-state index >= 15 is 0 Å². The number of rotatable bonds is 4. The summed E-state index contributed by atoms with van der Waals surface area (Å²) in [5.41, 5.74) is 6.64. The van der Waals surface area contributed by atoms with Crippen LogP contribution in [0.25, 0.3) is 0 Å². The Morgan fingerprint density at radius 1 is 1.65 bits per heavy atom. The van der Waals surface area contributed by atoms with Crippen molar-refractivity contribution in [2.24, 2.45) is 5.73 Å². The van der Waals surface area contributed by atoms with Gasteiger partial charge in [0.05, 0.1) is 6.04 Å². The predicted octanol–water partition coefficient (Wildman–Crippen LogP) is 1.34. The fourth-order valence-corrected chi connectivity index (χ4v) is 1.40. The molecule has 4 nitrogen and oxygen atoms in total. The van der Waals surface area contributed by atoms with Crippen molar-refractivity contribution >= 4 is 6.09 Å². The number of hydrogen-bond donors (Lipinski definition) is 2. The molecule has 1 aliphatic carbocycles. The fourth-order valence-electron chi connectivity index (χ4n) is 1.40. The SMILES string of the molecule is CC#CC(N)CNC(=O)OCC1=CCCC=C1. The zero-order valence-corrected chi connectivity index (χ0v) is 10.0. The Bertz CT molecular complexity index is 375. The van der Waals surface area contributed by atoms with Crippen LogP contribution in [0.2, 0.25) is 0 Å². The third kappa shape index (κ3) is 5.79. The van der Waals surface area contributed by atoms with Gasteiger partial charge in [-0.05, 0) is 25.3 Å². The second-order valence-corrected chi connectivity index (χ2v) is 3.72. The van der Waals surface area contributed by atoms with Crippen molar-refractivity contribution in [3.63, 3.8) is 0 Å². The van der Waals surface area contributed by atoms with E-state index in [1.54, 1.807) is 6.92 Å². The molecule has 0 bridgehead atoms. The Labute approximate surface area is 102 Å². The average molecular weight is 234 g/mol. The van der Waals surface area contributed by atoms with Crippen LogP contribution in [-0.2, 0) is 4.74 Å². The quantitative estimate of drug-likeness (QED) is 0.721. The number of allylic oxidation sites excluding steroid dienone is 2. The van der Waals surface area contributed by atoms with Crippen LogP contribution in [0.15, 0.2) is 23.8 Å². The van der Waals surface area contributed by atoms with Crippen LogP contribution < -0.4 is 11.1 Å². The maximum absolute atomic E-state index is 11.3. The number of nitrogens with one attached hydrogen (secondary N) is 1. The van der Waals surface area contributed by atoms with Crippen molar-refractivity contribution in [2.45, 2.75) is 25.8 Å². The highest BCUT2D eigenvalue weighted by Gasteiger charge is 2.05. The van der Waals surface area contributed by atoms with Crippen molar-refractivity contribution in [2.75, 3.05) is 13.2 Å². The molecule has 0 fully saturated rings. The molecule has 0 aliphatic heterocycles. The number of alkyl carbamates (subject to hydrolysis) is 1. The molecule has 0 spiro atoms. The molecule has 0 aromatic rings. The molecule has 1 unspecified atom stereocenters. The first-order valence-corrected chi connectivity index (χ1v) is 5.66. The molecule has 0 radical (unpaired) electrons. The molecule has 17 heavy (non-hydrogen) atoms. The van der Waals surface area contributed by atoms with Crippen LogP contribution in [0.4, 0.5) is 4.79 Å². The van der Waals surface area contributed by atoms with E-state index in [0.29, 0.717) is 13.2 Å². The van der Waals surface area contributed by atoms with Crippen molar-refractivity contribution in [1.29, 1.82) is 0 Å². The normalized spacial score (nSPS) is 15.3. The topological polar surface area (TPSA) is 64.3 Å². The van der Waals surface area contributed by atoms with Gasteiger partial charge in [-0.3, -0.25) is 0 Å². The van der Waals surface area contributed by atoms with E-state index in [2.05, 4.69) is 29.3 Å². The monoisotopic (exact) mass is 234 g/mol. The molecular formula is C13H18N2O2. The number of amides is 1. The summed E-state index contributed by atoms with van der Waals surface area (Å²) in [5, 5.41) is 2.57. The van der Waals surface area contributed by atoms with E-state index in [0.717, 1.165) is 18.4 Å². The fraction of sp³-hybridized carbons (Fsp3) is 0.462. The third-order valence-electron chi connectivity index (χ3n) is 2.24. The van der Waals surface area contributed by atoms with E-state index in [1.807, 2.05) is 6.08 Å². The molecule has 0 saturated carbocycles. The minimum Gasteiger partial charge on any atom is -0.445 e. The highest BCUT2D eigenvalue weighted by Crippen LogP contribution is 2.09. The minimum absolute atomic E-state index is 0.300. The molecule has 0 aromatic heterocycles. The Morgan fingerprint density at radius 3 is 3.12 bits per heavy atom. The van der Waals surface area contributed by atoms with E-state index < -0.39 is 6.09 Å². The lowest BCUT2D eigenvalue weighted by Crippen LogP contribution is -2.36. The lowest BCUT2D eigenvalue weighted by molar-refractivity contribution is 0.156. The van der Waals surface area contributed by atoms with Crippen molar-refractivity contribution in [1.82, 2.24) is 5.32 Å². The van der Waals surface area contributed by atoms with Gasteiger partial charge in [-0.15, -0.1) is 5.92 Å². The molecule has 4 heteroatoms. The van der Waals surface area contributed by atoms with Gasteiger partial charge in [0, 0.05) is 6.54 Å². The lowest BCUT2D eigenvalue weighted by Gasteiger charge is -2.10. The lowest BCUT2D eigenvalue weighted by atomic mass is 10.1. The van der Waals surface area contributed by atoms with E-state index in [9.17, 15) is 4.79 Å². The number of nitrogens with two attached hydrogens (primary N) is 1. The van der Waals surface area contributed by atoms with Crippen molar-refractivity contribution in [3.05, 3.63) is 23.8 Å². The number of ether oxygens (including phenoxy) is 1. The minimum atomic E-state index is -0.460. The highest BCUT2D eigenvalue weighted by molar-refractivity contribution is 5.67. The van der Waals surface area contributed by atoms with Gasteiger partial charge in [-0.2, -0.15) is 0 Å². The predicted molar refractivity (Wildman–Crippen MR) is 67.2 cm³/mol. The highest BCUT2D eigenvalue weighted by atomic mass is 16.5. The van der Waals surface area contributed by atoms with Crippen LogP contribution >= 0.6 is 0 Å². The average Bonchev–Trinajstić information content (AvgIpc) is 2.35. The summed E-state index contributed by atoms with van der Waals surface area (Å²) >= 11 is 0. The number of carbonyl (C=O) groups excluding carboxylic acids is 1. The second-order valence-electron chi connectivity index (χ2n) is 3.72. The number of hydrogen-bond acceptors (Lipinski definition) is 3. The summed E-state index contributed by atoms with van der Waals surface area (Å²) in [7, 11) is 0. The van der Waals surface area contributed by atoms with Crippen molar-refractivity contribution in [3.8, 4) is 11.8 Å². The molecule has 1 rings (SSSR count). The summed E-state index contributed by atoms with van der Waals surface area (Å²) in [6.45, 7) is 2.31. The summed E-state index contributed by atoms with van der Waals surface area (Å²) in [5.74, 6) is 5.43. The first kappa shape index (κ1) is 13.3. The zero-order valence-electron chi connectivity index (χ0n) is 10.0. The van der Waals surface area contributed by atoms with Gasteiger partial charge >= 0.3 is 6.09 Å². The molecule has 0 aromatic carbocycles. The van der Waals surface area contributed by atoms with Crippen LogP contribution in [-0.4, -0.2) is 25.3 Å². The van der Waals surface area contributed by atoms with Gasteiger partial charge in [-0.1, -0.05) is 24.1 Å². The molecule has 92 valence electrons. The van der Waals surface area contributed by atoms with E-state index in [4.69, 9.17) is 10.5 Å². The molecule has 1 aliphatic rings. The van der Waals surface area contributed by atoms with E-state index in [-0.39, 0.29) is 6.04 Å². The standard InChI is InChI=1S/C13H18N2O2/c1-2-6-12(14)9-15-13(16)17-10-11-7-4-3-5-8-11/h4,7-8,12H,3,5,9-10,14H2,1H3,(H,15,16). The molecule has 1 atom stereocenters. The van der Waals surface area contributed by atoms with Gasteiger partial charge in [0.2, 0.25) is 0 Å². The van der Waals surface area contributed by atoms with Crippen LogP contribution in [0.1, 0.15) is 19.8 Å². The molecular weight excluding hydrogens is 216 g/mol. The second kappa shape index (κ2) is 7.53. The summed E-state index contributed by atoms with van der Waals surface area (Å²) in [6.07, 6.45) is 7.72. The van der Waals surface area contributed by atoms with Crippen LogP contribution in [0.5, 0.6) is 0 Å². The smallest absolute Gasteiger partial charge is 0.407 e. The molecule has 0 heterocycles. The molecule has 1 amide bonds. The number of carbonyl (C=O) groups is 1. The van der Waals surface area contributed by atoms with E-state index in [1.165, 1.54) is 0 Å². The maximum atomic E-state index is 11.3. The summed E-state index contributed by atoms with van der Waals surface area (Å²) in [6, 6.07) is -0.346. The molecule has 0 saturated heterocycles. The Kier molecular flexibility index (Phi) is 5.91. The van der Waals surface area contributed by atoms with Gasteiger partial charge in [0.15, 0.2) is 0 Å². The van der Waals surface area contributed by atoms with Gasteiger partial charge in [0.1, 0.15) is 6.61 Å². The van der Waals surface area contributed by atoms with Gasteiger partial charge in [0.25, 0.3) is 0 Å². The Balaban J connectivity index is 2.18. The summed E-state index contributed by atoms with van der Waals surface area (Å²) in [4.78, 5) is 11.3. The third-order valence-corrected chi connectivity index (χ3v) is 2.24.